The molecule has 0 radical (unpaired) electrons. The molecule has 1 aromatic rings. The van der Waals surface area contributed by atoms with E-state index in [2.05, 4.69) is 20.0 Å². The normalized spacial score (nSPS) is 11.0. The van der Waals surface area contributed by atoms with E-state index in [1.165, 1.54) is 7.05 Å². The van der Waals surface area contributed by atoms with Gasteiger partial charge in [-0.15, -0.1) is 0 Å². The van der Waals surface area contributed by atoms with Crippen LogP contribution in [0.15, 0.2) is 5.16 Å². The predicted octanol–water partition coefficient (Wildman–Crippen LogP) is -0.161. The van der Waals surface area contributed by atoms with Crippen molar-refractivity contribution in [2.24, 2.45) is 0 Å². The molecule has 0 aliphatic carbocycles. The van der Waals surface area contributed by atoms with Gasteiger partial charge in [0, 0.05) is 13.3 Å². The van der Waals surface area contributed by atoms with E-state index in [1.807, 2.05) is 0 Å². The number of sulfone groups is 1. The molecular formula is C7H10N4O5S. The third kappa shape index (κ3) is 2.58. The van der Waals surface area contributed by atoms with Crippen LogP contribution in [-0.2, 0) is 9.84 Å². The smallest absolute Gasteiger partial charge is 0.372 e. The monoisotopic (exact) mass is 262 g/mol. The molecular weight excluding hydrogens is 252 g/mol. The van der Waals surface area contributed by atoms with E-state index in [0.717, 1.165) is 13.4 Å². The summed E-state index contributed by atoms with van der Waals surface area (Å²) in [6, 6.07) is 0. The molecule has 0 saturated heterocycles. The maximum Gasteiger partial charge on any atom is 0.372 e. The molecule has 0 aliphatic heterocycles. The standard InChI is InChI=1S/C7H10N4O5S/c1-8-5-4(11(12)13)6(16-2)10-7(9-5)17(3,14)15/h1-3H3,(H,8,9,10). The highest BCUT2D eigenvalue weighted by Gasteiger charge is 2.27. The fourth-order valence-corrected chi connectivity index (χ4v) is 1.57. The van der Waals surface area contributed by atoms with Crippen LogP contribution in [0.1, 0.15) is 0 Å². The quantitative estimate of drug-likeness (QED) is 0.450. The molecule has 1 N–H and O–H groups in total. The van der Waals surface area contributed by atoms with Crippen LogP contribution < -0.4 is 10.1 Å². The Morgan fingerprint density at radius 2 is 2.00 bits per heavy atom. The van der Waals surface area contributed by atoms with E-state index >= 15 is 0 Å². The van der Waals surface area contributed by atoms with Gasteiger partial charge < -0.3 is 10.1 Å². The zero-order valence-corrected chi connectivity index (χ0v) is 10.1. The van der Waals surface area contributed by atoms with Gasteiger partial charge in [0.1, 0.15) is 0 Å². The van der Waals surface area contributed by atoms with Gasteiger partial charge in [0.25, 0.3) is 5.16 Å². The van der Waals surface area contributed by atoms with Gasteiger partial charge in [-0.2, -0.15) is 9.97 Å². The first-order chi connectivity index (χ1) is 7.81. The van der Waals surface area contributed by atoms with Crippen LogP contribution in [0.2, 0.25) is 0 Å². The Bertz CT molecular complexity index is 530. The van der Waals surface area contributed by atoms with Crippen LogP contribution in [0, 0.1) is 10.1 Å². The number of hydrogen-bond acceptors (Lipinski definition) is 8. The van der Waals surface area contributed by atoms with E-state index in [4.69, 9.17) is 0 Å². The third-order valence-corrected chi connectivity index (χ3v) is 2.62. The lowest BCUT2D eigenvalue weighted by molar-refractivity contribution is -0.385. The number of ether oxygens (including phenoxy) is 1. The van der Waals surface area contributed by atoms with Gasteiger partial charge in [0.2, 0.25) is 15.7 Å². The fourth-order valence-electron chi connectivity index (χ4n) is 1.06. The molecule has 9 nitrogen and oxygen atoms in total. The van der Waals surface area contributed by atoms with Crippen LogP contribution in [0.25, 0.3) is 0 Å². The van der Waals surface area contributed by atoms with Crippen molar-refractivity contribution in [3.8, 4) is 5.88 Å². The Morgan fingerprint density at radius 3 is 2.35 bits per heavy atom. The van der Waals surface area contributed by atoms with Crippen molar-refractivity contribution in [2.45, 2.75) is 5.16 Å². The van der Waals surface area contributed by atoms with Gasteiger partial charge in [-0.05, 0) is 0 Å². The zero-order chi connectivity index (χ0) is 13.2. The second kappa shape index (κ2) is 4.49. The van der Waals surface area contributed by atoms with Crippen LogP contribution in [0.4, 0.5) is 11.5 Å². The molecule has 0 aromatic carbocycles. The lowest BCUT2D eigenvalue weighted by Crippen LogP contribution is -2.10. The van der Waals surface area contributed by atoms with Crippen molar-refractivity contribution < 1.29 is 18.1 Å². The van der Waals surface area contributed by atoms with Gasteiger partial charge in [-0.3, -0.25) is 10.1 Å². The van der Waals surface area contributed by atoms with Gasteiger partial charge in [0.15, 0.2) is 0 Å². The predicted molar refractivity (Wildman–Crippen MR) is 57.9 cm³/mol. The largest absolute Gasteiger partial charge is 0.476 e. The second-order valence-electron chi connectivity index (χ2n) is 2.99. The van der Waals surface area contributed by atoms with E-state index in [9.17, 15) is 18.5 Å². The SMILES string of the molecule is CNc1nc(S(C)(=O)=O)nc(OC)c1[N+](=O)[O-]. The van der Waals surface area contributed by atoms with Gasteiger partial charge >= 0.3 is 11.6 Å². The van der Waals surface area contributed by atoms with Crippen LogP contribution in [-0.4, -0.2) is 43.7 Å². The topological polar surface area (TPSA) is 124 Å². The Labute approximate surface area is 96.9 Å². The molecule has 0 spiro atoms. The Morgan fingerprint density at radius 1 is 1.41 bits per heavy atom. The molecule has 94 valence electrons. The first-order valence-corrected chi connectivity index (χ1v) is 6.18. The number of nitrogens with one attached hydrogen (secondary N) is 1. The van der Waals surface area contributed by atoms with Crippen molar-refractivity contribution in [2.75, 3.05) is 25.7 Å². The minimum atomic E-state index is -3.68. The molecule has 10 heteroatoms. The first kappa shape index (κ1) is 13.1. The number of nitro groups is 1. The molecule has 0 bridgehead atoms. The molecule has 0 atom stereocenters. The van der Waals surface area contributed by atoms with Crippen molar-refractivity contribution >= 4 is 21.3 Å². The molecule has 0 fully saturated rings. The van der Waals surface area contributed by atoms with E-state index in [0.29, 0.717) is 0 Å². The maximum atomic E-state index is 11.3. The summed E-state index contributed by atoms with van der Waals surface area (Å²) >= 11 is 0. The lowest BCUT2D eigenvalue weighted by atomic mass is 10.4. The minimum absolute atomic E-state index is 0.220. The van der Waals surface area contributed by atoms with Crippen molar-refractivity contribution in [1.82, 2.24) is 9.97 Å². The number of methoxy groups -OCH3 is 1. The molecule has 0 saturated carbocycles. The van der Waals surface area contributed by atoms with Crippen LogP contribution in [0.3, 0.4) is 0 Å². The van der Waals surface area contributed by atoms with Crippen LogP contribution >= 0.6 is 0 Å². The third-order valence-electron chi connectivity index (χ3n) is 1.78. The molecule has 1 rings (SSSR count). The molecule has 1 aromatic heterocycles. The van der Waals surface area contributed by atoms with Gasteiger partial charge in [-0.1, -0.05) is 0 Å². The zero-order valence-electron chi connectivity index (χ0n) is 9.29. The number of rotatable bonds is 4. The Hall–Kier alpha value is -1.97. The van der Waals surface area contributed by atoms with Crippen molar-refractivity contribution in [3.63, 3.8) is 0 Å². The minimum Gasteiger partial charge on any atom is -0.476 e. The summed E-state index contributed by atoms with van der Waals surface area (Å²) in [7, 11) is -1.15. The average Bonchev–Trinajstić information content (AvgIpc) is 2.25. The highest BCUT2D eigenvalue weighted by Crippen LogP contribution is 2.31. The summed E-state index contributed by atoms with van der Waals surface area (Å²) in [5.74, 6) is -0.628. The average molecular weight is 262 g/mol. The summed E-state index contributed by atoms with van der Waals surface area (Å²) in [4.78, 5) is 17.1. The Balaban J connectivity index is 3.62. The van der Waals surface area contributed by atoms with E-state index in [-0.39, 0.29) is 5.82 Å². The summed E-state index contributed by atoms with van der Waals surface area (Å²) < 4.78 is 27.2. The van der Waals surface area contributed by atoms with Gasteiger partial charge in [-0.25, -0.2) is 8.42 Å². The van der Waals surface area contributed by atoms with Gasteiger partial charge in [0.05, 0.1) is 12.0 Å². The molecule has 0 unspecified atom stereocenters. The summed E-state index contributed by atoms with van der Waals surface area (Å²) in [5, 5.41) is 12.7. The number of nitrogens with zero attached hydrogens (tertiary/aromatic N) is 3. The van der Waals surface area contributed by atoms with E-state index < -0.39 is 31.5 Å². The molecule has 0 aliphatic rings. The Kier molecular flexibility index (Phi) is 3.46. The molecule has 1 heterocycles. The lowest BCUT2D eigenvalue weighted by Gasteiger charge is -2.06. The highest BCUT2D eigenvalue weighted by molar-refractivity contribution is 7.90. The molecule has 17 heavy (non-hydrogen) atoms. The fraction of sp³-hybridized carbons (Fsp3) is 0.429. The summed E-state index contributed by atoms with van der Waals surface area (Å²) in [6.07, 6.45) is 0.896. The number of anilines is 1. The van der Waals surface area contributed by atoms with Crippen LogP contribution in [0.5, 0.6) is 5.88 Å². The maximum absolute atomic E-state index is 11.3. The van der Waals surface area contributed by atoms with E-state index in [1.54, 1.807) is 0 Å². The second-order valence-corrected chi connectivity index (χ2v) is 4.90. The molecule has 0 amide bonds. The van der Waals surface area contributed by atoms with Crippen molar-refractivity contribution in [3.05, 3.63) is 10.1 Å². The van der Waals surface area contributed by atoms with Crippen molar-refractivity contribution in [1.29, 1.82) is 0 Å². The summed E-state index contributed by atoms with van der Waals surface area (Å²) in [5.41, 5.74) is -0.512. The first-order valence-electron chi connectivity index (χ1n) is 4.29. The number of hydrogen-bond donors (Lipinski definition) is 1. The summed E-state index contributed by atoms with van der Waals surface area (Å²) in [6.45, 7) is 0. The number of aromatic nitrogens is 2. The highest BCUT2D eigenvalue weighted by atomic mass is 32.2.